The van der Waals surface area contributed by atoms with Crippen molar-refractivity contribution >= 4 is 6.08 Å². The largest absolute Gasteiger partial charge is 0.493 e. The van der Waals surface area contributed by atoms with Gasteiger partial charge in [0.2, 0.25) is 6.08 Å². The number of isocyanates is 1. The molecule has 1 saturated heterocycles. The van der Waals surface area contributed by atoms with Gasteiger partial charge in [0.25, 0.3) is 0 Å². The molecule has 2 fully saturated rings. The summed E-state index contributed by atoms with van der Waals surface area (Å²) in [6.45, 7) is 2.12. The number of piperidine rings is 1. The molecule has 0 bridgehead atoms. The number of benzene rings is 1. The van der Waals surface area contributed by atoms with Gasteiger partial charge in [0, 0.05) is 13.1 Å². The zero-order chi connectivity index (χ0) is 16.3. The van der Waals surface area contributed by atoms with Gasteiger partial charge in [-0.05, 0) is 56.8 Å². The zero-order valence-electron chi connectivity index (χ0n) is 13.9. The van der Waals surface area contributed by atoms with Crippen molar-refractivity contribution in [2.24, 2.45) is 4.99 Å². The number of aliphatic imine (C=N–C) groups is 1. The second-order valence-electron chi connectivity index (χ2n) is 6.57. The van der Waals surface area contributed by atoms with E-state index in [2.05, 4.69) is 16.9 Å². The summed E-state index contributed by atoms with van der Waals surface area (Å²) in [5.41, 5.74) is 0.612. The van der Waals surface area contributed by atoms with E-state index in [0.717, 1.165) is 56.5 Å². The fraction of sp³-hybridized carbons (Fsp3) is 0.611. The number of hydrogen-bond donors (Lipinski definition) is 0. The summed E-state index contributed by atoms with van der Waals surface area (Å²) in [5, 5.41) is 0. The summed E-state index contributed by atoms with van der Waals surface area (Å²) in [5.74, 6) is 1.49. The standard InChI is InChI=1S/C18H24N2O3/c1-20-10-6-15(7-11-20)23-16-5-4-14(12-17(16)22-2)18(19-13-21)8-3-9-18/h4-5,12,15H,3,6-11H2,1-2H3. The predicted octanol–water partition coefficient (Wildman–Crippen LogP) is 2.88. The summed E-state index contributed by atoms with van der Waals surface area (Å²) in [7, 11) is 3.79. The van der Waals surface area contributed by atoms with Gasteiger partial charge in [0.1, 0.15) is 6.10 Å². The minimum atomic E-state index is -0.402. The summed E-state index contributed by atoms with van der Waals surface area (Å²) in [6, 6.07) is 5.92. The van der Waals surface area contributed by atoms with Crippen LogP contribution in [0.25, 0.3) is 0 Å². The van der Waals surface area contributed by atoms with Crippen LogP contribution >= 0.6 is 0 Å². The summed E-state index contributed by atoms with van der Waals surface area (Å²) in [4.78, 5) is 17.1. The van der Waals surface area contributed by atoms with Gasteiger partial charge in [-0.25, -0.2) is 4.79 Å². The third-order valence-electron chi connectivity index (χ3n) is 5.10. The maximum absolute atomic E-state index is 10.7. The van der Waals surface area contributed by atoms with E-state index < -0.39 is 5.54 Å². The lowest BCUT2D eigenvalue weighted by Crippen LogP contribution is -2.35. The maximum atomic E-state index is 10.7. The van der Waals surface area contributed by atoms with E-state index >= 15 is 0 Å². The molecule has 1 aromatic carbocycles. The molecule has 1 heterocycles. The van der Waals surface area contributed by atoms with Crippen molar-refractivity contribution in [2.75, 3.05) is 27.2 Å². The highest BCUT2D eigenvalue weighted by Gasteiger charge is 2.39. The molecule has 2 aliphatic rings. The van der Waals surface area contributed by atoms with Gasteiger partial charge in [-0.1, -0.05) is 6.07 Å². The quantitative estimate of drug-likeness (QED) is 0.619. The number of carbonyl (C=O) groups excluding carboxylic acids is 1. The Morgan fingerprint density at radius 2 is 2.00 bits per heavy atom. The molecule has 1 aliphatic heterocycles. The number of likely N-dealkylation sites (tertiary alicyclic amines) is 1. The zero-order valence-corrected chi connectivity index (χ0v) is 13.9. The first kappa shape index (κ1) is 16.0. The van der Waals surface area contributed by atoms with Crippen LogP contribution in [0.2, 0.25) is 0 Å². The first-order valence-electron chi connectivity index (χ1n) is 8.29. The van der Waals surface area contributed by atoms with Crippen LogP contribution in [-0.4, -0.2) is 44.3 Å². The second kappa shape index (κ2) is 6.73. The van der Waals surface area contributed by atoms with Gasteiger partial charge in [0.05, 0.1) is 12.6 Å². The van der Waals surface area contributed by atoms with E-state index in [9.17, 15) is 4.79 Å². The third-order valence-corrected chi connectivity index (χ3v) is 5.10. The molecule has 1 aliphatic carbocycles. The minimum Gasteiger partial charge on any atom is -0.493 e. The fourth-order valence-electron chi connectivity index (χ4n) is 3.40. The molecule has 0 radical (unpaired) electrons. The topological polar surface area (TPSA) is 51.1 Å². The van der Waals surface area contributed by atoms with E-state index in [1.807, 2.05) is 18.2 Å². The summed E-state index contributed by atoms with van der Waals surface area (Å²) >= 11 is 0. The van der Waals surface area contributed by atoms with Crippen molar-refractivity contribution in [3.63, 3.8) is 0 Å². The number of ether oxygens (including phenoxy) is 2. The molecule has 0 aromatic heterocycles. The average molecular weight is 316 g/mol. The molecule has 0 N–H and O–H groups in total. The lowest BCUT2D eigenvalue weighted by Gasteiger charge is -2.37. The van der Waals surface area contributed by atoms with Crippen LogP contribution in [0.3, 0.4) is 0 Å². The van der Waals surface area contributed by atoms with Crippen LogP contribution in [0.15, 0.2) is 23.2 Å². The minimum absolute atomic E-state index is 0.233. The van der Waals surface area contributed by atoms with Gasteiger partial charge < -0.3 is 14.4 Å². The van der Waals surface area contributed by atoms with Crippen molar-refractivity contribution in [3.8, 4) is 11.5 Å². The highest BCUT2D eigenvalue weighted by Crippen LogP contribution is 2.46. The molecule has 1 aromatic rings. The molecule has 124 valence electrons. The van der Waals surface area contributed by atoms with Crippen LogP contribution in [0.4, 0.5) is 0 Å². The molecule has 3 rings (SSSR count). The lowest BCUT2D eigenvalue weighted by molar-refractivity contribution is 0.111. The van der Waals surface area contributed by atoms with Gasteiger partial charge in [-0.3, -0.25) is 0 Å². The Kier molecular flexibility index (Phi) is 4.69. The van der Waals surface area contributed by atoms with Gasteiger partial charge in [0.15, 0.2) is 11.5 Å². The molecule has 5 nitrogen and oxygen atoms in total. The normalized spacial score (nSPS) is 21.1. The third kappa shape index (κ3) is 3.26. The number of hydrogen-bond acceptors (Lipinski definition) is 5. The molecular formula is C18H24N2O3. The van der Waals surface area contributed by atoms with Crippen molar-refractivity contribution in [2.45, 2.75) is 43.7 Å². The van der Waals surface area contributed by atoms with Crippen molar-refractivity contribution in [1.29, 1.82) is 0 Å². The van der Waals surface area contributed by atoms with E-state index in [-0.39, 0.29) is 6.10 Å². The Morgan fingerprint density at radius 1 is 1.26 bits per heavy atom. The molecular weight excluding hydrogens is 292 g/mol. The number of rotatable bonds is 5. The van der Waals surface area contributed by atoms with Crippen molar-refractivity contribution in [1.82, 2.24) is 4.90 Å². The SMILES string of the molecule is COc1cc(C2(N=C=O)CCC2)ccc1OC1CCN(C)CC1. The molecule has 1 saturated carbocycles. The summed E-state index contributed by atoms with van der Waals surface area (Å²) in [6.07, 6.45) is 6.88. The van der Waals surface area contributed by atoms with E-state index in [4.69, 9.17) is 9.47 Å². The first-order valence-corrected chi connectivity index (χ1v) is 8.29. The first-order chi connectivity index (χ1) is 11.2. The van der Waals surface area contributed by atoms with Crippen LogP contribution in [0, 0.1) is 0 Å². The molecule has 23 heavy (non-hydrogen) atoms. The summed E-state index contributed by atoms with van der Waals surface area (Å²) < 4.78 is 11.7. The molecule has 0 unspecified atom stereocenters. The Bertz CT molecular complexity index is 598. The van der Waals surface area contributed by atoms with Crippen molar-refractivity contribution in [3.05, 3.63) is 23.8 Å². The Hall–Kier alpha value is -1.84. The second-order valence-corrected chi connectivity index (χ2v) is 6.57. The van der Waals surface area contributed by atoms with Gasteiger partial charge in [-0.15, -0.1) is 0 Å². The maximum Gasteiger partial charge on any atom is 0.235 e. The Labute approximate surface area is 137 Å². The van der Waals surface area contributed by atoms with Crippen LogP contribution < -0.4 is 9.47 Å². The number of methoxy groups -OCH3 is 1. The van der Waals surface area contributed by atoms with Crippen LogP contribution in [0.5, 0.6) is 11.5 Å². The molecule has 0 amide bonds. The molecule has 0 atom stereocenters. The Balaban J connectivity index is 1.78. The predicted molar refractivity (Wildman–Crippen MR) is 87.8 cm³/mol. The van der Waals surface area contributed by atoms with E-state index in [0.29, 0.717) is 5.75 Å². The van der Waals surface area contributed by atoms with Gasteiger partial charge >= 0.3 is 0 Å². The van der Waals surface area contributed by atoms with Gasteiger partial charge in [-0.2, -0.15) is 4.99 Å². The van der Waals surface area contributed by atoms with Crippen molar-refractivity contribution < 1.29 is 14.3 Å². The average Bonchev–Trinajstić information content (AvgIpc) is 2.53. The fourth-order valence-corrected chi connectivity index (χ4v) is 3.40. The van der Waals surface area contributed by atoms with Crippen LogP contribution in [-0.2, 0) is 10.3 Å². The molecule has 5 heteroatoms. The number of nitrogens with zero attached hydrogens (tertiary/aromatic N) is 2. The van der Waals surface area contributed by atoms with E-state index in [1.165, 1.54) is 0 Å². The van der Waals surface area contributed by atoms with E-state index in [1.54, 1.807) is 13.2 Å². The highest BCUT2D eigenvalue weighted by molar-refractivity contribution is 5.47. The van der Waals surface area contributed by atoms with Crippen LogP contribution in [0.1, 0.15) is 37.7 Å². The lowest BCUT2D eigenvalue weighted by atomic mass is 9.72. The highest BCUT2D eigenvalue weighted by atomic mass is 16.5. The Morgan fingerprint density at radius 3 is 2.57 bits per heavy atom. The monoisotopic (exact) mass is 316 g/mol. The smallest absolute Gasteiger partial charge is 0.235 e. The molecule has 0 spiro atoms.